The summed E-state index contributed by atoms with van der Waals surface area (Å²) in [5, 5.41) is 5.32. The van der Waals surface area contributed by atoms with Gasteiger partial charge < -0.3 is 15.4 Å². The molecule has 0 saturated carbocycles. The van der Waals surface area contributed by atoms with Crippen LogP contribution in [-0.2, 0) is 6.42 Å². The number of rotatable bonds is 6. The van der Waals surface area contributed by atoms with Crippen molar-refractivity contribution in [3.63, 3.8) is 0 Å². The average Bonchev–Trinajstić information content (AvgIpc) is 2.51. The summed E-state index contributed by atoms with van der Waals surface area (Å²) in [7, 11) is 0. The number of ether oxygens (including phenoxy) is 1. The Balaban J connectivity index is 1.66. The highest BCUT2D eigenvalue weighted by Crippen LogP contribution is 2.15. The van der Waals surface area contributed by atoms with Crippen molar-refractivity contribution in [2.75, 3.05) is 13.3 Å². The lowest BCUT2D eigenvalue weighted by atomic mass is 10.1. The van der Waals surface area contributed by atoms with E-state index in [0.717, 1.165) is 11.1 Å². The van der Waals surface area contributed by atoms with Crippen LogP contribution in [0.25, 0.3) is 0 Å². The van der Waals surface area contributed by atoms with Crippen molar-refractivity contribution in [1.29, 1.82) is 0 Å². The Kier molecular flexibility index (Phi) is 5.97. The zero-order chi connectivity index (χ0) is 16.7. The Morgan fingerprint density at radius 3 is 2.65 bits per heavy atom. The van der Waals surface area contributed by atoms with Crippen LogP contribution in [0, 0.1) is 19.7 Å². The Bertz CT molecular complexity index is 674. The van der Waals surface area contributed by atoms with Crippen LogP contribution in [0.15, 0.2) is 42.5 Å². The van der Waals surface area contributed by atoms with Crippen LogP contribution < -0.4 is 15.4 Å². The first-order valence-corrected chi connectivity index (χ1v) is 7.51. The highest BCUT2D eigenvalue weighted by atomic mass is 19.1. The fourth-order valence-corrected chi connectivity index (χ4v) is 2.06. The summed E-state index contributed by atoms with van der Waals surface area (Å²) in [5.74, 6) is 0.446. The van der Waals surface area contributed by atoms with Gasteiger partial charge in [0.25, 0.3) is 0 Å². The fraction of sp³-hybridized carbons (Fsp3) is 0.278. The average molecular weight is 316 g/mol. The third-order valence-electron chi connectivity index (χ3n) is 3.54. The van der Waals surface area contributed by atoms with E-state index in [1.807, 2.05) is 38.1 Å². The first-order valence-electron chi connectivity index (χ1n) is 7.51. The maximum absolute atomic E-state index is 13.0. The van der Waals surface area contributed by atoms with E-state index >= 15 is 0 Å². The first-order chi connectivity index (χ1) is 11.0. The molecule has 0 aliphatic rings. The van der Waals surface area contributed by atoms with Crippen LogP contribution in [0.3, 0.4) is 0 Å². The van der Waals surface area contributed by atoms with Gasteiger partial charge in [-0.05, 0) is 61.2 Å². The molecule has 0 heterocycles. The molecule has 2 aromatic rings. The number of carbonyl (C=O) groups excluding carboxylic acids is 1. The molecule has 0 aliphatic heterocycles. The molecule has 0 unspecified atom stereocenters. The molecule has 0 aliphatic carbocycles. The molecule has 2 amide bonds. The Morgan fingerprint density at radius 2 is 1.91 bits per heavy atom. The third kappa shape index (κ3) is 5.62. The lowest BCUT2D eigenvalue weighted by molar-refractivity contribution is 0.224. The van der Waals surface area contributed by atoms with Gasteiger partial charge in [-0.2, -0.15) is 0 Å². The monoisotopic (exact) mass is 316 g/mol. The molecule has 0 fully saturated rings. The zero-order valence-electron chi connectivity index (χ0n) is 13.4. The summed E-state index contributed by atoms with van der Waals surface area (Å²) in [6.45, 7) is 4.56. The second kappa shape index (κ2) is 8.17. The number of nitrogens with one attached hydrogen (secondary N) is 2. The molecule has 0 spiro atoms. The molecule has 2 rings (SSSR count). The predicted octanol–water partition coefficient (Wildman–Crippen LogP) is 3.32. The molecule has 4 nitrogen and oxygen atoms in total. The molecular formula is C18H21FN2O2. The summed E-state index contributed by atoms with van der Waals surface area (Å²) in [5.41, 5.74) is 3.18. The van der Waals surface area contributed by atoms with Gasteiger partial charge in [-0.15, -0.1) is 0 Å². The molecule has 0 aromatic heterocycles. The summed E-state index contributed by atoms with van der Waals surface area (Å²) >= 11 is 0. The van der Waals surface area contributed by atoms with Crippen molar-refractivity contribution in [3.05, 3.63) is 65.0 Å². The van der Waals surface area contributed by atoms with Crippen LogP contribution in [0.2, 0.25) is 0 Å². The largest absolute Gasteiger partial charge is 0.473 e. The van der Waals surface area contributed by atoms with Crippen LogP contribution in [0.4, 0.5) is 9.18 Å². The van der Waals surface area contributed by atoms with E-state index in [9.17, 15) is 9.18 Å². The number of aryl methyl sites for hydroxylation is 2. The van der Waals surface area contributed by atoms with E-state index in [2.05, 4.69) is 10.6 Å². The second-order valence-corrected chi connectivity index (χ2v) is 5.35. The number of halogens is 1. The van der Waals surface area contributed by atoms with Crippen molar-refractivity contribution in [1.82, 2.24) is 10.6 Å². The van der Waals surface area contributed by atoms with Gasteiger partial charge in [0.05, 0.1) is 0 Å². The van der Waals surface area contributed by atoms with Gasteiger partial charge in [0.1, 0.15) is 11.6 Å². The van der Waals surface area contributed by atoms with E-state index < -0.39 is 0 Å². The van der Waals surface area contributed by atoms with Gasteiger partial charge in [-0.25, -0.2) is 9.18 Å². The van der Waals surface area contributed by atoms with Crippen molar-refractivity contribution in [2.45, 2.75) is 20.3 Å². The Labute approximate surface area is 135 Å². The normalized spacial score (nSPS) is 10.2. The van der Waals surface area contributed by atoms with E-state index in [4.69, 9.17) is 4.74 Å². The molecule has 2 aromatic carbocycles. The van der Waals surface area contributed by atoms with E-state index in [0.29, 0.717) is 18.7 Å². The number of hydrogen-bond acceptors (Lipinski definition) is 2. The quantitative estimate of drug-likeness (QED) is 0.803. The van der Waals surface area contributed by atoms with Gasteiger partial charge in [0, 0.05) is 6.54 Å². The minimum Gasteiger partial charge on any atom is -0.473 e. The maximum atomic E-state index is 13.0. The van der Waals surface area contributed by atoms with Crippen LogP contribution >= 0.6 is 0 Å². The molecular weight excluding hydrogens is 295 g/mol. The standard InChI is InChI=1S/C18H21FN2O2/c1-13-6-7-17(10-14(13)2)23-12-21-18(22)20-9-8-15-4-3-5-16(19)11-15/h3-7,10-11H,8-9,12H2,1-2H3,(H2,20,21,22). The molecule has 0 radical (unpaired) electrons. The van der Waals surface area contributed by atoms with Gasteiger partial charge in [0.15, 0.2) is 6.73 Å². The molecule has 122 valence electrons. The van der Waals surface area contributed by atoms with E-state index in [-0.39, 0.29) is 18.6 Å². The molecule has 5 heteroatoms. The van der Waals surface area contributed by atoms with Crippen LogP contribution in [0.5, 0.6) is 5.75 Å². The number of carbonyl (C=O) groups is 1. The first kappa shape index (κ1) is 16.8. The number of amides is 2. The smallest absolute Gasteiger partial charge is 0.317 e. The zero-order valence-corrected chi connectivity index (χ0v) is 13.4. The van der Waals surface area contributed by atoms with Crippen molar-refractivity contribution in [2.24, 2.45) is 0 Å². The number of hydrogen-bond donors (Lipinski definition) is 2. The van der Waals surface area contributed by atoms with E-state index in [1.54, 1.807) is 6.07 Å². The summed E-state index contributed by atoms with van der Waals surface area (Å²) < 4.78 is 18.5. The minimum atomic E-state index is -0.315. The van der Waals surface area contributed by atoms with Crippen molar-refractivity contribution >= 4 is 6.03 Å². The van der Waals surface area contributed by atoms with Gasteiger partial charge in [-0.3, -0.25) is 0 Å². The predicted molar refractivity (Wildman–Crippen MR) is 88.0 cm³/mol. The van der Waals surface area contributed by atoms with Crippen molar-refractivity contribution in [3.8, 4) is 5.75 Å². The van der Waals surface area contributed by atoms with Gasteiger partial charge in [0.2, 0.25) is 0 Å². The minimum absolute atomic E-state index is 0.0916. The highest BCUT2D eigenvalue weighted by molar-refractivity contribution is 5.73. The lowest BCUT2D eigenvalue weighted by Crippen LogP contribution is -2.38. The fourth-order valence-electron chi connectivity index (χ4n) is 2.06. The Morgan fingerprint density at radius 1 is 1.09 bits per heavy atom. The molecule has 2 N–H and O–H groups in total. The van der Waals surface area contributed by atoms with Crippen LogP contribution in [0.1, 0.15) is 16.7 Å². The SMILES string of the molecule is Cc1ccc(OCNC(=O)NCCc2cccc(F)c2)cc1C. The molecule has 0 atom stereocenters. The summed E-state index contributed by atoms with van der Waals surface area (Å²) in [6.07, 6.45) is 0.573. The third-order valence-corrected chi connectivity index (χ3v) is 3.54. The van der Waals surface area contributed by atoms with Gasteiger partial charge in [-0.1, -0.05) is 18.2 Å². The van der Waals surface area contributed by atoms with E-state index in [1.165, 1.54) is 17.7 Å². The highest BCUT2D eigenvalue weighted by Gasteiger charge is 2.02. The molecule has 0 saturated heterocycles. The topological polar surface area (TPSA) is 50.4 Å². The maximum Gasteiger partial charge on any atom is 0.317 e. The van der Waals surface area contributed by atoms with Crippen LogP contribution in [-0.4, -0.2) is 19.3 Å². The van der Waals surface area contributed by atoms with Crippen molar-refractivity contribution < 1.29 is 13.9 Å². The summed E-state index contributed by atoms with van der Waals surface area (Å²) in [4.78, 5) is 11.6. The summed E-state index contributed by atoms with van der Waals surface area (Å²) in [6, 6.07) is 11.8. The molecule has 0 bridgehead atoms. The molecule has 23 heavy (non-hydrogen) atoms. The van der Waals surface area contributed by atoms with Gasteiger partial charge >= 0.3 is 6.03 Å². The number of urea groups is 1. The second-order valence-electron chi connectivity index (χ2n) is 5.35. The lowest BCUT2D eigenvalue weighted by Gasteiger charge is -2.10. The Hall–Kier alpha value is -2.56. The number of benzene rings is 2.